The second kappa shape index (κ2) is 5.99. The number of nitrogens with zero attached hydrogens (tertiary/aromatic N) is 1. The Labute approximate surface area is 130 Å². The van der Waals surface area contributed by atoms with Crippen molar-refractivity contribution in [1.82, 2.24) is 0 Å². The SMILES string of the molecule is c1ccc(Oc2cccc(N(OC3CC3)OC3CC3)c2)cc1. The fourth-order valence-electron chi connectivity index (χ4n) is 2.05. The van der Waals surface area contributed by atoms with Crippen molar-refractivity contribution in [3.63, 3.8) is 0 Å². The van der Waals surface area contributed by atoms with Gasteiger partial charge in [0.1, 0.15) is 11.5 Å². The highest BCUT2D eigenvalue weighted by Crippen LogP contribution is 2.34. The van der Waals surface area contributed by atoms with Crippen LogP contribution in [0.2, 0.25) is 0 Å². The van der Waals surface area contributed by atoms with Gasteiger partial charge in [-0.15, -0.1) is 5.23 Å². The quantitative estimate of drug-likeness (QED) is 0.705. The molecular formula is C18H19NO3. The van der Waals surface area contributed by atoms with E-state index >= 15 is 0 Å². The molecule has 0 atom stereocenters. The number of benzene rings is 2. The molecule has 0 unspecified atom stereocenters. The molecule has 2 saturated carbocycles. The third-order valence-electron chi connectivity index (χ3n) is 3.55. The van der Waals surface area contributed by atoms with E-state index in [1.807, 2.05) is 54.6 Å². The van der Waals surface area contributed by atoms with Crippen molar-refractivity contribution in [3.05, 3.63) is 54.6 Å². The van der Waals surface area contributed by atoms with Crippen molar-refractivity contribution >= 4 is 5.69 Å². The molecule has 4 rings (SSSR count). The molecule has 0 bridgehead atoms. The van der Waals surface area contributed by atoms with E-state index in [-0.39, 0.29) is 12.2 Å². The molecule has 2 fully saturated rings. The molecule has 2 aliphatic rings. The minimum atomic E-state index is 0.289. The van der Waals surface area contributed by atoms with Crippen LogP contribution in [-0.2, 0) is 9.68 Å². The third kappa shape index (κ3) is 3.59. The van der Waals surface area contributed by atoms with E-state index in [2.05, 4.69) is 0 Å². The maximum Gasteiger partial charge on any atom is 0.129 e. The molecule has 0 aromatic heterocycles. The van der Waals surface area contributed by atoms with Crippen LogP contribution in [0.15, 0.2) is 54.6 Å². The molecule has 0 aliphatic heterocycles. The molecule has 4 heteroatoms. The molecular weight excluding hydrogens is 278 g/mol. The molecule has 0 N–H and O–H groups in total. The average Bonchev–Trinajstić information content (AvgIpc) is 3.44. The van der Waals surface area contributed by atoms with Crippen molar-refractivity contribution < 1.29 is 14.4 Å². The summed E-state index contributed by atoms with van der Waals surface area (Å²) < 4.78 is 5.87. The van der Waals surface area contributed by atoms with E-state index in [4.69, 9.17) is 14.4 Å². The lowest BCUT2D eigenvalue weighted by Crippen LogP contribution is -2.26. The molecule has 0 saturated heterocycles. The standard InChI is InChI=1S/C18H19NO3/c1-2-6-15(7-3-1)20-18-8-4-5-14(13-18)19(21-16-9-10-16)22-17-11-12-17/h1-8,13,16-17H,9-12H2. The Morgan fingerprint density at radius 1 is 0.727 bits per heavy atom. The van der Waals surface area contributed by atoms with Gasteiger partial charge in [-0.3, -0.25) is 0 Å². The molecule has 22 heavy (non-hydrogen) atoms. The first-order chi connectivity index (χ1) is 10.9. The fourth-order valence-corrected chi connectivity index (χ4v) is 2.05. The monoisotopic (exact) mass is 297 g/mol. The van der Waals surface area contributed by atoms with E-state index in [0.29, 0.717) is 0 Å². The molecule has 0 amide bonds. The molecule has 0 heterocycles. The molecule has 0 spiro atoms. The van der Waals surface area contributed by atoms with Crippen LogP contribution in [0.1, 0.15) is 25.7 Å². The lowest BCUT2D eigenvalue weighted by Gasteiger charge is -2.23. The second-order valence-electron chi connectivity index (χ2n) is 5.78. The molecule has 114 valence electrons. The van der Waals surface area contributed by atoms with Crippen molar-refractivity contribution in [3.8, 4) is 11.5 Å². The second-order valence-corrected chi connectivity index (χ2v) is 5.78. The Bertz CT molecular complexity index is 609. The maximum absolute atomic E-state index is 5.87. The average molecular weight is 297 g/mol. The van der Waals surface area contributed by atoms with Crippen molar-refractivity contribution in [2.75, 3.05) is 5.23 Å². The van der Waals surface area contributed by atoms with Gasteiger partial charge < -0.3 is 4.74 Å². The smallest absolute Gasteiger partial charge is 0.129 e. The molecule has 2 aromatic carbocycles. The summed E-state index contributed by atoms with van der Waals surface area (Å²) in [4.78, 5) is 11.7. The van der Waals surface area contributed by atoms with E-state index < -0.39 is 0 Å². The first-order valence-corrected chi connectivity index (χ1v) is 7.83. The Balaban J connectivity index is 1.50. The van der Waals surface area contributed by atoms with Gasteiger partial charge in [-0.25, -0.2) is 9.68 Å². The number of hydrogen-bond donors (Lipinski definition) is 0. The van der Waals surface area contributed by atoms with Crippen LogP contribution in [-0.4, -0.2) is 12.2 Å². The summed E-state index contributed by atoms with van der Waals surface area (Å²) in [6.45, 7) is 0. The highest BCUT2D eigenvalue weighted by atomic mass is 17.0. The van der Waals surface area contributed by atoms with Gasteiger partial charge in [-0.2, -0.15) is 0 Å². The zero-order chi connectivity index (χ0) is 14.8. The summed E-state index contributed by atoms with van der Waals surface area (Å²) >= 11 is 0. The van der Waals surface area contributed by atoms with Gasteiger partial charge in [0.15, 0.2) is 0 Å². The Kier molecular flexibility index (Phi) is 3.70. The first kappa shape index (κ1) is 13.6. The topological polar surface area (TPSA) is 30.9 Å². The van der Waals surface area contributed by atoms with Crippen molar-refractivity contribution in [2.24, 2.45) is 0 Å². The van der Waals surface area contributed by atoms with Crippen LogP contribution in [0.25, 0.3) is 0 Å². The van der Waals surface area contributed by atoms with Gasteiger partial charge in [-0.1, -0.05) is 24.3 Å². The Hall–Kier alpha value is -2.04. The number of ether oxygens (including phenoxy) is 1. The van der Waals surface area contributed by atoms with Crippen LogP contribution in [0.5, 0.6) is 11.5 Å². The summed E-state index contributed by atoms with van der Waals surface area (Å²) in [7, 11) is 0. The van der Waals surface area contributed by atoms with Crippen LogP contribution in [0.3, 0.4) is 0 Å². The van der Waals surface area contributed by atoms with E-state index in [9.17, 15) is 0 Å². The fraction of sp³-hybridized carbons (Fsp3) is 0.333. The van der Waals surface area contributed by atoms with Gasteiger partial charge in [0.25, 0.3) is 0 Å². The van der Waals surface area contributed by atoms with E-state index in [0.717, 1.165) is 42.9 Å². The van der Waals surface area contributed by atoms with E-state index in [1.165, 1.54) is 0 Å². The number of hydrogen-bond acceptors (Lipinski definition) is 4. The predicted molar refractivity (Wildman–Crippen MR) is 83.7 cm³/mol. The minimum absolute atomic E-state index is 0.289. The largest absolute Gasteiger partial charge is 0.457 e. The van der Waals surface area contributed by atoms with Crippen molar-refractivity contribution in [2.45, 2.75) is 37.9 Å². The van der Waals surface area contributed by atoms with Gasteiger partial charge in [0.05, 0.1) is 17.9 Å². The zero-order valence-electron chi connectivity index (χ0n) is 12.4. The summed E-state index contributed by atoms with van der Waals surface area (Å²) in [5.41, 5.74) is 0.868. The summed E-state index contributed by atoms with van der Waals surface area (Å²) in [6, 6.07) is 17.6. The molecule has 0 radical (unpaired) electrons. The van der Waals surface area contributed by atoms with Gasteiger partial charge in [0.2, 0.25) is 0 Å². The normalized spacial score (nSPS) is 17.3. The maximum atomic E-state index is 5.87. The molecule has 4 nitrogen and oxygen atoms in total. The van der Waals surface area contributed by atoms with Crippen LogP contribution >= 0.6 is 0 Å². The zero-order valence-corrected chi connectivity index (χ0v) is 12.4. The van der Waals surface area contributed by atoms with Crippen LogP contribution in [0.4, 0.5) is 5.69 Å². The molecule has 2 aromatic rings. The lowest BCUT2D eigenvalue weighted by molar-refractivity contribution is -0.104. The summed E-state index contributed by atoms with van der Waals surface area (Å²) in [5.74, 6) is 1.59. The molecule has 2 aliphatic carbocycles. The Morgan fingerprint density at radius 2 is 1.36 bits per heavy atom. The van der Waals surface area contributed by atoms with E-state index in [1.54, 1.807) is 5.23 Å². The first-order valence-electron chi connectivity index (χ1n) is 7.83. The number of rotatable bonds is 7. The summed E-state index contributed by atoms with van der Waals surface area (Å²) in [5, 5.41) is 1.58. The van der Waals surface area contributed by atoms with Gasteiger partial charge in [0, 0.05) is 6.07 Å². The number of para-hydroxylation sites is 1. The minimum Gasteiger partial charge on any atom is -0.457 e. The number of anilines is 1. The van der Waals surface area contributed by atoms with Gasteiger partial charge in [-0.05, 0) is 49.9 Å². The van der Waals surface area contributed by atoms with Gasteiger partial charge >= 0.3 is 0 Å². The van der Waals surface area contributed by atoms with Crippen LogP contribution in [0, 0.1) is 0 Å². The lowest BCUT2D eigenvalue weighted by atomic mass is 10.3. The summed E-state index contributed by atoms with van der Waals surface area (Å²) in [6.07, 6.45) is 4.99. The Morgan fingerprint density at radius 3 is 2.00 bits per heavy atom. The predicted octanol–water partition coefficient (Wildman–Crippen LogP) is 4.47. The van der Waals surface area contributed by atoms with Crippen molar-refractivity contribution in [1.29, 1.82) is 0 Å². The highest BCUT2D eigenvalue weighted by molar-refractivity contribution is 5.48. The highest BCUT2D eigenvalue weighted by Gasteiger charge is 2.31. The van der Waals surface area contributed by atoms with Crippen LogP contribution < -0.4 is 9.96 Å². The third-order valence-corrected chi connectivity index (χ3v) is 3.55.